The van der Waals surface area contributed by atoms with Crippen molar-refractivity contribution in [3.63, 3.8) is 0 Å². The molecule has 0 unspecified atom stereocenters. The Bertz CT molecular complexity index is 68.1. The molecule has 7 heavy (non-hydrogen) atoms. The number of hydrazine groups is 1. The molecule has 0 aliphatic carbocycles. The van der Waals surface area contributed by atoms with Crippen molar-refractivity contribution < 1.29 is 0 Å². The van der Waals surface area contributed by atoms with E-state index in [1.165, 1.54) is 11.9 Å². The van der Waals surface area contributed by atoms with Crippen LogP contribution in [0, 0.1) is 0 Å². The average Bonchev–Trinajstić information content (AvgIpc) is 1.86. The van der Waals surface area contributed by atoms with Crippen LogP contribution >= 0.6 is 24.8 Å². The average molecular weight is 159 g/mol. The fourth-order valence-electron chi connectivity index (χ4n) is 0.213. The summed E-state index contributed by atoms with van der Waals surface area (Å²) in [6.45, 7) is 0. The molecule has 0 atom stereocenters. The molecule has 2 nitrogen and oxygen atoms in total. The van der Waals surface area contributed by atoms with Crippen molar-refractivity contribution in [1.29, 1.82) is 0 Å². The van der Waals surface area contributed by atoms with E-state index in [-0.39, 0.29) is 51.4 Å². The van der Waals surface area contributed by atoms with Gasteiger partial charge in [0.1, 0.15) is 0 Å². The summed E-state index contributed by atoms with van der Waals surface area (Å²) in [7, 11) is 0. The second-order valence-electron chi connectivity index (χ2n) is 0.810. The minimum Gasteiger partial charge on any atom is -0.306 e. The summed E-state index contributed by atoms with van der Waals surface area (Å²) in [5.41, 5.74) is 2.80. The smallest absolute Gasteiger partial charge is 0.0223 e. The van der Waals surface area contributed by atoms with E-state index in [0.29, 0.717) is 0 Å². The van der Waals surface area contributed by atoms with E-state index in [9.17, 15) is 0 Å². The first-order chi connectivity index (χ1) is 2.89. The van der Waals surface area contributed by atoms with Crippen LogP contribution in [-0.4, -0.2) is 55.2 Å². The number of hydrogen-bond acceptors (Lipinski definition) is 4. The monoisotopic (exact) mass is 159 g/mol. The normalized spacial score (nSPS) is 18.4. The molecule has 0 aromatic heterocycles. The fraction of sp³-hybridized carbons (Fsp3) is 0. The molecule has 0 fully saturated rings. The van der Waals surface area contributed by atoms with Crippen LogP contribution in [0.4, 0.5) is 0 Å². The molecule has 0 aromatic rings. The van der Waals surface area contributed by atoms with Crippen LogP contribution in [0.5, 0.6) is 0 Å². The van der Waals surface area contributed by atoms with Crippen molar-refractivity contribution in [2.75, 3.05) is 0 Å². The van der Waals surface area contributed by atoms with Crippen LogP contribution in [0.1, 0.15) is 0 Å². The van der Waals surface area contributed by atoms with E-state index < -0.39 is 0 Å². The summed E-state index contributed by atoms with van der Waals surface area (Å²) < 4.78 is 1.61. The zero-order valence-corrected chi connectivity index (χ0v) is 8.79. The number of nitrogens with zero attached hydrogens (tertiary/aromatic N) is 1. The predicted molar refractivity (Wildman–Crippen MR) is 36.4 cm³/mol. The largest absolute Gasteiger partial charge is 0.306 e. The van der Waals surface area contributed by atoms with Crippen molar-refractivity contribution >= 4 is 76.1 Å². The Kier molecular flexibility index (Phi) is 5.92. The molecule has 0 saturated carbocycles. The molecule has 0 amide bonds. The molecule has 1 heterocycles. The summed E-state index contributed by atoms with van der Waals surface area (Å²) in [6.07, 6.45) is 1.82. The van der Waals surface area contributed by atoms with Crippen LogP contribution in [-0.2, 0) is 0 Å². The maximum Gasteiger partial charge on any atom is 0.0223 e. The van der Waals surface area contributed by atoms with E-state index in [2.05, 4.69) is 18.2 Å². The molecule has 5 heteroatoms. The fourth-order valence-corrected chi connectivity index (χ4v) is 0.801. The Morgan fingerprint density at radius 1 is 1.71 bits per heavy atom. The zero-order valence-electron chi connectivity index (χ0n) is 3.96. The van der Waals surface area contributed by atoms with Crippen LogP contribution < -0.4 is 5.43 Å². The van der Waals surface area contributed by atoms with Crippen molar-refractivity contribution in [3.8, 4) is 0 Å². The molecule has 1 radical (unpaired) electrons. The van der Waals surface area contributed by atoms with Gasteiger partial charge in [0, 0.05) is 63.0 Å². The summed E-state index contributed by atoms with van der Waals surface area (Å²) in [5, 5.41) is 1.91. The van der Waals surface area contributed by atoms with Gasteiger partial charge in [-0.05, 0) is 11.9 Å². The molecule has 0 spiro atoms. The topological polar surface area (TPSA) is 15.3 Å². The van der Waals surface area contributed by atoms with Gasteiger partial charge in [-0.3, -0.25) is 0 Å². The molecule has 1 N–H and O–H groups in total. The Labute approximate surface area is 95.2 Å². The van der Waals surface area contributed by atoms with E-state index in [0.717, 1.165) is 0 Å². The van der Waals surface area contributed by atoms with Crippen LogP contribution in [0.25, 0.3) is 0 Å². The Balaban J connectivity index is 0.000000360. The number of nitrogens with one attached hydrogen (secondary N) is 1. The Morgan fingerprint density at radius 2 is 2.43 bits per heavy atom. The van der Waals surface area contributed by atoms with Crippen molar-refractivity contribution in [3.05, 3.63) is 11.6 Å². The molecular formula is C2H4KN2S2. The van der Waals surface area contributed by atoms with Crippen LogP contribution in [0.15, 0.2) is 11.6 Å². The molecule has 0 saturated heterocycles. The van der Waals surface area contributed by atoms with Gasteiger partial charge in [-0.25, -0.2) is 0 Å². The third-order valence-electron chi connectivity index (χ3n) is 0.414. The number of hydrogen-bond donors (Lipinski definition) is 2. The third kappa shape index (κ3) is 3.42. The molecule has 1 aliphatic heterocycles. The Hall–Kier alpha value is 1.84. The maximum absolute atomic E-state index is 3.92. The van der Waals surface area contributed by atoms with E-state index in [1.54, 1.807) is 3.82 Å². The number of rotatable bonds is 0. The minimum atomic E-state index is 0. The Morgan fingerprint density at radius 3 is 2.57 bits per heavy atom. The second kappa shape index (κ2) is 4.69. The second-order valence-corrected chi connectivity index (χ2v) is 2.33. The summed E-state index contributed by atoms with van der Waals surface area (Å²) in [5.74, 6) is 0. The first-order valence-corrected chi connectivity index (χ1v) is 2.70. The van der Waals surface area contributed by atoms with Gasteiger partial charge in [0.25, 0.3) is 0 Å². The SMILES string of the molecule is SN1NC=CS1.[K]. The standard InChI is InChI=1S/C2H4N2S2.K/c5-4-3-1-2-6-4;/h1-3,5H;. The predicted octanol–water partition coefficient (Wildman–Crippen LogP) is 0.390. The van der Waals surface area contributed by atoms with E-state index in [4.69, 9.17) is 0 Å². The number of thiol groups is 1. The molecule has 1 rings (SSSR count). The van der Waals surface area contributed by atoms with Gasteiger partial charge in [-0.2, -0.15) is 0 Å². The van der Waals surface area contributed by atoms with E-state index >= 15 is 0 Å². The van der Waals surface area contributed by atoms with Gasteiger partial charge >= 0.3 is 0 Å². The van der Waals surface area contributed by atoms with Crippen molar-refractivity contribution in [2.45, 2.75) is 0 Å². The van der Waals surface area contributed by atoms with Gasteiger partial charge in [0.2, 0.25) is 0 Å². The quantitative estimate of drug-likeness (QED) is 0.302. The molecule has 0 aromatic carbocycles. The summed E-state index contributed by atoms with van der Waals surface area (Å²) in [4.78, 5) is 0. The molecule has 35 valence electrons. The first-order valence-electron chi connectivity index (χ1n) is 1.46. The first kappa shape index (κ1) is 8.84. The van der Waals surface area contributed by atoms with Crippen molar-refractivity contribution in [1.82, 2.24) is 9.25 Å². The van der Waals surface area contributed by atoms with Gasteiger partial charge in [-0.15, -0.1) is 3.82 Å². The van der Waals surface area contributed by atoms with Crippen LogP contribution in [0.2, 0.25) is 0 Å². The molecule has 0 bridgehead atoms. The maximum atomic E-state index is 3.92. The van der Waals surface area contributed by atoms with Crippen molar-refractivity contribution in [2.24, 2.45) is 0 Å². The van der Waals surface area contributed by atoms with Gasteiger partial charge < -0.3 is 5.43 Å². The van der Waals surface area contributed by atoms with E-state index in [1.807, 2.05) is 11.6 Å². The molecule has 1 aliphatic rings. The summed E-state index contributed by atoms with van der Waals surface area (Å²) >= 11 is 5.42. The van der Waals surface area contributed by atoms with Gasteiger partial charge in [0.15, 0.2) is 0 Å². The minimum absolute atomic E-state index is 0. The molecular weight excluding hydrogens is 155 g/mol. The van der Waals surface area contributed by atoms with Gasteiger partial charge in [-0.1, -0.05) is 12.8 Å². The van der Waals surface area contributed by atoms with Crippen LogP contribution in [0.3, 0.4) is 0 Å². The summed E-state index contributed by atoms with van der Waals surface area (Å²) in [6, 6.07) is 0. The zero-order chi connectivity index (χ0) is 4.41. The van der Waals surface area contributed by atoms with Gasteiger partial charge in [0.05, 0.1) is 0 Å². The third-order valence-corrected chi connectivity index (χ3v) is 1.37.